The van der Waals surface area contributed by atoms with Crippen molar-refractivity contribution in [3.63, 3.8) is 0 Å². The van der Waals surface area contributed by atoms with E-state index in [0.717, 1.165) is 26.2 Å². The van der Waals surface area contributed by atoms with Gasteiger partial charge < -0.3 is 35.4 Å². The highest BCUT2D eigenvalue weighted by atomic mass is 35.5. The monoisotopic (exact) mass is 679 g/mol. The third kappa shape index (κ3) is 14.5. The van der Waals surface area contributed by atoms with Crippen LogP contribution in [0.15, 0.2) is 24.3 Å². The van der Waals surface area contributed by atoms with Crippen molar-refractivity contribution >= 4 is 41.2 Å². The van der Waals surface area contributed by atoms with Gasteiger partial charge in [0.2, 0.25) is 5.91 Å². The van der Waals surface area contributed by atoms with Crippen molar-refractivity contribution < 1.29 is 60.5 Å². The molecule has 45 heavy (non-hydrogen) atoms. The molecule has 256 valence electrons. The van der Waals surface area contributed by atoms with E-state index in [-0.39, 0.29) is 5.91 Å². The lowest BCUT2D eigenvalue weighted by Gasteiger charge is -2.43. The highest BCUT2D eigenvalue weighted by Crippen LogP contribution is 2.19. The van der Waals surface area contributed by atoms with Crippen molar-refractivity contribution in [3.05, 3.63) is 29.3 Å². The van der Waals surface area contributed by atoms with Crippen LogP contribution in [-0.2, 0) is 19.1 Å². The molecular weight excluding hydrogens is 644 g/mol. The zero-order valence-electron chi connectivity index (χ0n) is 24.6. The number of halogens is 7. The van der Waals surface area contributed by atoms with Gasteiger partial charge in [0.1, 0.15) is 6.04 Å². The van der Waals surface area contributed by atoms with Crippen LogP contribution in [-0.4, -0.2) is 133 Å². The van der Waals surface area contributed by atoms with Gasteiger partial charge in [-0.3, -0.25) is 9.69 Å². The summed E-state index contributed by atoms with van der Waals surface area (Å²) in [5.41, 5.74) is 0.602. The summed E-state index contributed by atoms with van der Waals surface area (Å²) in [6.45, 7) is 7.11. The fourth-order valence-corrected chi connectivity index (χ4v) is 4.35. The maximum Gasteiger partial charge on any atom is 0.490 e. The molecule has 2 atom stereocenters. The molecule has 0 unspecified atom stereocenters. The zero-order valence-corrected chi connectivity index (χ0v) is 25.4. The average molecular weight is 680 g/mol. The summed E-state index contributed by atoms with van der Waals surface area (Å²) in [6, 6.07) is 6.21. The molecule has 0 aromatic heterocycles. The Hall–Kier alpha value is -3.35. The van der Waals surface area contributed by atoms with Gasteiger partial charge in [-0.25, -0.2) is 14.4 Å². The van der Waals surface area contributed by atoms with E-state index in [4.69, 9.17) is 36.1 Å². The second-order valence-corrected chi connectivity index (χ2v) is 10.5. The number of nitrogens with one attached hydrogen (secondary N) is 2. The van der Waals surface area contributed by atoms with Gasteiger partial charge in [0.05, 0.1) is 6.10 Å². The maximum absolute atomic E-state index is 13.2. The Morgan fingerprint density at radius 3 is 1.73 bits per heavy atom. The third-order valence-corrected chi connectivity index (χ3v) is 7.06. The minimum absolute atomic E-state index is 0.108. The number of benzene rings is 1. The lowest BCUT2D eigenvalue weighted by atomic mass is 10.0. The van der Waals surface area contributed by atoms with Crippen LogP contribution in [0.4, 0.5) is 36.8 Å². The molecule has 0 saturated carbocycles. The fourth-order valence-electron chi connectivity index (χ4n) is 4.22. The standard InChI is InChI=1S/C22H34ClN5O3.2C2HF3O2/c1-16(31-3)20(25-22(30)24-18-6-4-17(23)5-7-18)21(29)28-14-12-27(13-15-28)19-8-10-26(2)11-9-19;2*3-2(4,5)1(6)7/h4-7,16,19-20H,8-15H2,1-3H3,(H2,24,25,30);2*(H,6,7)/t16-,20+;;/m1../s1. The van der Waals surface area contributed by atoms with Crippen molar-refractivity contribution in [2.45, 2.75) is 50.3 Å². The minimum Gasteiger partial charge on any atom is -0.475 e. The molecular formula is C26H36ClF6N5O7. The Labute approximate surface area is 260 Å². The molecule has 2 saturated heterocycles. The Morgan fingerprint density at radius 1 is 0.889 bits per heavy atom. The molecule has 19 heteroatoms. The number of nitrogens with zero attached hydrogens (tertiary/aromatic N) is 3. The summed E-state index contributed by atoms with van der Waals surface area (Å²) in [4.78, 5) is 50.2. The number of ether oxygens (including phenoxy) is 1. The van der Waals surface area contributed by atoms with Gasteiger partial charge in [0.25, 0.3) is 0 Å². The molecule has 3 amide bonds. The van der Waals surface area contributed by atoms with Crippen LogP contribution >= 0.6 is 11.6 Å². The second-order valence-electron chi connectivity index (χ2n) is 10.0. The number of carbonyl (C=O) groups excluding carboxylic acids is 2. The van der Waals surface area contributed by atoms with E-state index < -0.39 is 42.5 Å². The number of likely N-dealkylation sites (tertiary alicyclic amines) is 1. The van der Waals surface area contributed by atoms with Gasteiger partial charge >= 0.3 is 30.3 Å². The number of anilines is 1. The first kappa shape index (κ1) is 39.7. The predicted molar refractivity (Wildman–Crippen MR) is 150 cm³/mol. The first-order chi connectivity index (χ1) is 20.8. The average Bonchev–Trinajstić information content (AvgIpc) is 2.96. The van der Waals surface area contributed by atoms with Crippen molar-refractivity contribution in [3.8, 4) is 0 Å². The number of carboxylic acids is 2. The Kier molecular flexibility index (Phi) is 15.8. The smallest absolute Gasteiger partial charge is 0.475 e. The van der Waals surface area contributed by atoms with Gasteiger partial charge in [-0.2, -0.15) is 26.3 Å². The van der Waals surface area contributed by atoms with Crippen molar-refractivity contribution in [2.24, 2.45) is 0 Å². The number of amides is 3. The number of aliphatic carboxylic acids is 2. The van der Waals surface area contributed by atoms with Gasteiger partial charge in [-0.15, -0.1) is 0 Å². The third-order valence-electron chi connectivity index (χ3n) is 6.81. The zero-order chi connectivity index (χ0) is 34.5. The van der Waals surface area contributed by atoms with Crippen LogP contribution in [0.5, 0.6) is 0 Å². The summed E-state index contributed by atoms with van der Waals surface area (Å²) >= 11 is 5.89. The number of rotatable bonds is 6. The number of hydrogen-bond donors (Lipinski definition) is 4. The second kappa shape index (κ2) is 18.0. The van der Waals surface area contributed by atoms with Gasteiger partial charge in [0, 0.05) is 50.0 Å². The van der Waals surface area contributed by atoms with E-state index in [1.807, 2.05) is 4.90 Å². The van der Waals surface area contributed by atoms with Gasteiger partial charge in [-0.05, 0) is 64.2 Å². The van der Waals surface area contributed by atoms with Crippen LogP contribution in [0.3, 0.4) is 0 Å². The summed E-state index contributed by atoms with van der Waals surface area (Å²) < 4.78 is 68.9. The van der Waals surface area contributed by atoms with Crippen molar-refractivity contribution in [2.75, 3.05) is 58.7 Å². The van der Waals surface area contributed by atoms with Crippen LogP contribution in [0.1, 0.15) is 19.8 Å². The van der Waals surface area contributed by atoms with Crippen LogP contribution in [0, 0.1) is 0 Å². The lowest BCUT2D eigenvalue weighted by Crippen LogP contribution is -2.60. The van der Waals surface area contributed by atoms with E-state index in [1.54, 1.807) is 38.3 Å². The molecule has 0 radical (unpaired) electrons. The summed E-state index contributed by atoms with van der Waals surface area (Å²) in [7, 11) is 3.71. The largest absolute Gasteiger partial charge is 0.490 e. The molecule has 2 aliphatic heterocycles. The number of urea groups is 1. The van der Waals surface area contributed by atoms with Crippen LogP contribution < -0.4 is 10.6 Å². The number of carbonyl (C=O) groups is 4. The predicted octanol–water partition coefficient (Wildman–Crippen LogP) is 3.37. The number of alkyl halides is 6. The normalized spacial score (nSPS) is 17.9. The molecule has 2 fully saturated rings. The summed E-state index contributed by atoms with van der Waals surface area (Å²) in [6.07, 6.45) is -8.25. The molecule has 3 rings (SSSR count). The highest BCUT2D eigenvalue weighted by molar-refractivity contribution is 6.30. The summed E-state index contributed by atoms with van der Waals surface area (Å²) in [5.74, 6) is -5.62. The minimum atomic E-state index is -5.08. The van der Waals surface area contributed by atoms with Crippen molar-refractivity contribution in [1.29, 1.82) is 0 Å². The Bertz CT molecular complexity index is 1090. The Balaban J connectivity index is 0.000000601. The molecule has 4 N–H and O–H groups in total. The summed E-state index contributed by atoms with van der Waals surface area (Å²) in [5, 5.41) is 20.4. The van der Waals surface area contributed by atoms with E-state index >= 15 is 0 Å². The number of piperazine rings is 1. The quantitative estimate of drug-likeness (QED) is 0.332. The SMILES string of the molecule is CO[C@H](C)[C@H](NC(=O)Nc1ccc(Cl)cc1)C(=O)N1CCN(C2CCN(C)CC2)CC1.O=C(O)C(F)(F)F.O=C(O)C(F)(F)F. The molecule has 2 heterocycles. The van der Waals surface area contributed by atoms with Crippen LogP contribution in [0.25, 0.3) is 0 Å². The Morgan fingerprint density at radius 2 is 1.33 bits per heavy atom. The van der Waals surface area contributed by atoms with Gasteiger partial charge in [0.15, 0.2) is 0 Å². The molecule has 0 spiro atoms. The number of methoxy groups -OCH3 is 1. The van der Waals surface area contributed by atoms with Crippen molar-refractivity contribution in [1.82, 2.24) is 20.0 Å². The van der Waals surface area contributed by atoms with E-state index in [2.05, 4.69) is 27.5 Å². The highest BCUT2D eigenvalue weighted by Gasteiger charge is 2.39. The topological polar surface area (TPSA) is 152 Å². The number of piperidine rings is 1. The molecule has 0 aliphatic carbocycles. The molecule has 0 bridgehead atoms. The van der Waals surface area contributed by atoms with Crippen LogP contribution in [0.2, 0.25) is 5.02 Å². The fraction of sp³-hybridized carbons (Fsp3) is 0.615. The first-order valence-corrected chi connectivity index (χ1v) is 13.8. The first-order valence-electron chi connectivity index (χ1n) is 13.4. The molecule has 2 aliphatic rings. The molecule has 1 aromatic rings. The van der Waals surface area contributed by atoms with E-state index in [0.29, 0.717) is 29.8 Å². The van der Waals surface area contributed by atoms with E-state index in [9.17, 15) is 35.9 Å². The maximum atomic E-state index is 13.2. The number of carboxylic acid groups (broad SMARTS) is 2. The molecule has 12 nitrogen and oxygen atoms in total. The lowest BCUT2D eigenvalue weighted by molar-refractivity contribution is -0.193. The van der Waals surface area contributed by atoms with Gasteiger partial charge in [-0.1, -0.05) is 11.6 Å². The van der Waals surface area contributed by atoms with E-state index in [1.165, 1.54) is 12.8 Å². The molecule has 1 aromatic carbocycles. The number of hydrogen-bond acceptors (Lipinski definition) is 7.